The number of nitro groups is 1. The van der Waals surface area contributed by atoms with Crippen LogP contribution in [0.2, 0.25) is 0 Å². The molecule has 154 valence electrons. The van der Waals surface area contributed by atoms with E-state index in [0.717, 1.165) is 11.8 Å². The molecule has 9 heteroatoms. The lowest BCUT2D eigenvalue weighted by atomic mass is 9.87. The molecule has 0 fully saturated rings. The zero-order valence-corrected chi connectivity index (χ0v) is 16.6. The highest BCUT2D eigenvalue weighted by atomic mass is 16.6. The molecule has 0 atom stereocenters. The van der Waals surface area contributed by atoms with Crippen molar-refractivity contribution in [1.29, 1.82) is 0 Å². The Morgan fingerprint density at radius 1 is 1.24 bits per heavy atom. The molecule has 1 amide bonds. The molecule has 9 nitrogen and oxygen atoms in total. The monoisotopic (exact) mass is 401 g/mol. The first-order valence-electron chi connectivity index (χ1n) is 8.73. The molecule has 2 rings (SSSR count). The van der Waals surface area contributed by atoms with Gasteiger partial charge in [0, 0.05) is 0 Å². The maximum absolute atomic E-state index is 11.9. The van der Waals surface area contributed by atoms with E-state index in [-0.39, 0.29) is 29.1 Å². The van der Waals surface area contributed by atoms with Crippen LogP contribution in [-0.2, 0) is 10.2 Å². The predicted molar refractivity (Wildman–Crippen MR) is 108 cm³/mol. The third-order valence-electron chi connectivity index (χ3n) is 4.01. The summed E-state index contributed by atoms with van der Waals surface area (Å²) in [5.74, 6) is -0.649. The van der Waals surface area contributed by atoms with Gasteiger partial charge in [-0.3, -0.25) is 14.9 Å². The summed E-state index contributed by atoms with van der Waals surface area (Å²) in [5, 5.41) is 24.6. The third-order valence-corrected chi connectivity index (χ3v) is 4.01. The van der Waals surface area contributed by atoms with E-state index in [1.54, 1.807) is 12.1 Å². The summed E-state index contributed by atoms with van der Waals surface area (Å²) in [6, 6.07) is 9.95. The fourth-order valence-electron chi connectivity index (χ4n) is 2.48. The number of nitrogens with one attached hydrogen (secondary N) is 1. The first-order chi connectivity index (χ1) is 13.6. The van der Waals surface area contributed by atoms with Gasteiger partial charge in [-0.15, -0.1) is 0 Å². The van der Waals surface area contributed by atoms with Gasteiger partial charge >= 0.3 is 5.69 Å². The first kappa shape index (κ1) is 21.7. The summed E-state index contributed by atoms with van der Waals surface area (Å²) in [4.78, 5) is 22.4. The summed E-state index contributed by atoms with van der Waals surface area (Å²) in [7, 11) is 1.20. The van der Waals surface area contributed by atoms with E-state index in [2.05, 4.69) is 31.3 Å². The number of ether oxygens (including phenoxy) is 2. The van der Waals surface area contributed by atoms with Crippen LogP contribution in [-0.4, -0.2) is 35.9 Å². The van der Waals surface area contributed by atoms with Gasteiger partial charge in [-0.1, -0.05) is 32.9 Å². The number of nitrogens with zero attached hydrogens (tertiary/aromatic N) is 2. The number of methoxy groups -OCH3 is 1. The number of hydrogen-bond donors (Lipinski definition) is 2. The van der Waals surface area contributed by atoms with Gasteiger partial charge in [-0.05, 0) is 35.2 Å². The van der Waals surface area contributed by atoms with E-state index in [1.165, 1.54) is 19.2 Å². The van der Waals surface area contributed by atoms with E-state index in [4.69, 9.17) is 9.47 Å². The predicted octanol–water partition coefficient (Wildman–Crippen LogP) is 3.14. The lowest BCUT2D eigenvalue weighted by Crippen LogP contribution is -2.24. The van der Waals surface area contributed by atoms with Gasteiger partial charge in [0.25, 0.3) is 5.91 Å². The minimum Gasteiger partial charge on any atom is -0.504 e. The zero-order valence-electron chi connectivity index (χ0n) is 16.6. The second kappa shape index (κ2) is 9.05. The molecule has 0 saturated carbocycles. The SMILES string of the molecule is COc1c(O)ccc(/C=N/NC(=O)COc2ccc(C(C)(C)C)cc2)c1[N+](=O)[O-]. The lowest BCUT2D eigenvalue weighted by molar-refractivity contribution is -0.386. The van der Waals surface area contributed by atoms with Crippen molar-refractivity contribution in [3.8, 4) is 17.2 Å². The Bertz CT molecular complexity index is 917. The molecule has 0 unspecified atom stereocenters. The fourth-order valence-corrected chi connectivity index (χ4v) is 2.48. The van der Waals surface area contributed by atoms with Crippen LogP contribution in [0.25, 0.3) is 0 Å². The van der Waals surface area contributed by atoms with Crippen molar-refractivity contribution >= 4 is 17.8 Å². The van der Waals surface area contributed by atoms with Gasteiger partial charge in [0.05, 0.1) is 23.8 Å². The number of hydrogen-bond acceptors (Lipinski definition) is 7. The number of benzene rings is 2. The minimum atomic E-state index is -0.702. The molecule has 0 radical (unpaired) electrons. The highest BCUT2D eigenvalue weighted by Gasteiger charge is 2.23. The second-order valence-electron chi connectivity index (χ2n) is 7.17. The van der Waals surface area contributed by atoms with Crippen LogP contribution in [0, 0.1) is 10.1 Å². The van der Waals surface area contributed by atoms with Crippen LogP contribution in [0.15, 0.2) is 41.5 Å². The average Bonchev–Trinajstić information content (AvgIpc) is 2.66. The van der Waals surface area contributed by atoms with Crippen molar-refractivity contribution in [3.63, 3.8) is 0 Å². The second-order valence-corrected chi connectivity index (χ2v) is 7.17. The third kappa shape index (κ3) is 5.68. The summed E-state index contributed by atoms with van der Waals surface area (Å²) < 4.78 is 10.3. The number of nitro benzene ring substituents is 1. The fraction of sp³-hybridized carbons (Fsp3) is 0.300. The van der Waals surface area contributed by atoms with Crippen LogP contribution in [0.3, 0.4) is 0 Å². The number of phenolic OH excluding ortho intramolecular Hbond substituents is 1. The Balaban J connectivity index is 1.97. The number of carbonyl (C=O) groups excluding carboxylic acids is 1. The van der Waals surface area contributed by atoms with E-state index < -0.39 is 16.5 Å². The highest BCUT2D eigenvalue weighted by molar-refractivity contribution is 5.89. The molecular weight excluding hydrogens is 378 g/mol. The Labute approximate surface area is 168 Å². The number of hydrazone groups is 1. The van der Waals surface area contributed by atoms with Crippen molar-refractivity contribution < 1.29 is 24.3 Å². The normalized spacial score (nSPS) is 11.3. The smallest absolute Gasteiger partial charge is 0.323 e. The van der Waals surface area contributed by atoms with Gasteiger partial charge in [0.1, 0.15) is 5.75 Å². The average molecular weight is 401 g/mol. The standard InChI is InChI=1S/C20H23N3O6/c1-20(2,3)14-6-8-15(9-7-14)29-12-17(25)22-21-11-13-5-10-16(24)19(28-4)18(13)23(26)27/h5-11,24H,12H2,1-4H3,(H,22,25)/b21-11+. The van der Waals surface area contributed by atoms with Crippen molar-refractivity contribution in [2.24, 2.45) is 5.10 Å². The molecule has 0 aromatic heterocycles. The maximum Gasteiger partial charge on any atom is 0.323 e. The molecule has 0 saturated heterocycles. The largest absolute Gasteiger partial charge is 0.504 e. The number of rotatable bonds is 7. The summed E-state index contributed by atoms with van der Waals surface area (Å²) in [6.45, 7) is 6.03. The zero-order chi connectivity index (χ0) is 21.6. The van der Waals surface area contributed by atoms with Crippen molar-refractivity contribution in [2.45, 2.75) is 26.2 Å². The first-order valence-corrected chi connectivity index (χ1v) is 8.73. The molecule has 29 heavy (non-hydrogen) atoms. The van der Waals surface area contributed by atoms with E-state index >= 15 is 0 Å². The summed E-state index contributed by atoms with van der Waals surface area (Å²) >= 11 is 0. The van der Waals surface area contributed by atoms with E-state index in [1.807, 2.05) is 12.1 Å². The molecule has 0 aliphatic carbocycles. The Kier molecular flexibility index (Phi) is 6.76. The summed E-state index contributed by atoms with van der Waals surface area (Å²) in [6.07, 6.45) is 1.09. The minimum absolute atomic E-state index is 0.0180. The molecule has 2 N–H and O–H groups in total. The Hall–Kier alpha value is -3.62. The van der Waals surface area contributed by atoms with E-state index in [0.29, 0.717) is 5.75 Å². The molecule has 0 aliphatic heterocycles. The van der Waals surface area contributed by atoms with Crippen molar-refractivity contribution in [3.05, 3.63) is 57.6 Å². The van der Waals surface area contributed by atoms with Gasteiger partial charge in [0.2, 0.25) is 5.75 Å². The Morgan fingerprint density at radius 2 is 1.90 bits per heavy atom. The van der Waals surface area contributed by atoms with Crippen LogP contribution < -0.4 is 14.9 Å². The highest BCUT2D eigenvalue weighted by Crippen LogP contribution is 2.37. The molecular formula is C20H23N3O6. The molecule has 0 heterocycles. The lowest BCUT2D eigenvalue weighted by Gasteiger charge is -2.19. The van der Waals surface area contributed by atoms with Crippen LogP contribution >= 0.6 is 0 Å². The van der Waals surface area contributed by atoms with Crippen molar-refractivity contribution in [1.82, 2.24) is 5.43 Å². The number of carbonyl (C=O) groups is 1. The number of phenols is 1. The van der Waals surface area contributed by atoms with Crippen molar-refractivity contribution in [2.75, 3.05) is 13.7 Å². The molecule has 0 bridgehead atoms. The van der Waals surface area contributed by atoms with E-state index in [9.17, 15) is 20.0 Å². The topological polar surface area (TPSA) is 123 Å². The van der Waals surface area contributed by atoms with Crippen LogP contribution in [0.5, 0.6) is 17.2 Å². The van der Waals surface area contributed by atoms with Crippen LogP contribution in [0.4, 0.5) is 5.69 Å². The Morgan fingerprint density at radius 3 is 2.45 bits per heavy atom. The van der Waals surface area contributed by atoms with Gasteiger partial charge in [-0.2, -0.15) is 5.10 Å². The number of amides is 1. The quantitative estimate of drug-likeness (QED) is 0.417. The number of aromatic hydroxyl groups is 1. The van der Waals surface area contributed by atoms with Gasteiger partial charge in [-0.25, -0.2) is 5.43 Å². The molecule has 0 spiro atoms. The molecule has 0 aliphatic rings. The van der Waals surface area contributed by atoms with Crippen LogP contribution in [0.1, 0.15) is 31.9 Å². The maximum atomic E-state index is 11.9. The van der Waals surface area contributed by atoms with Gasteiger partial charge in [0.15, 0.2) is 12.4 Å². The van der Waals surface area contributed by atoms with Gasteiger partial charge < -0.3 is 14.6 Å². The summed E-state index contributed by atoms with van der Waals surface area (Å²) in [5.41, 5.74) is 3.00. The molecule has 2 aromatic carbocycles. The molecule has 2 aromatic rings.